The summed E-state index contributed by atoms with van der Waals surface area (Å²) >= 11 is 1.26. The zero-order valence-electron chi connectivity index (χ0n) is 18.5. The van der Waals surface area contributed by atoms with Crippen LogP contribution >= 0.6 is 11.3 Å². The van der Waals surface area contributed by atoms with Crippen LogP contribution in [0.1, 0.15) is 13.8 Å². The van der Waals surface area contributed by atoms with Gasteiger partial charge in [0.2, 0.25) is 0 Å². The third kappa shape index (κ3) is 5.04. The van der Waals surface area contributed by atoms with Crippen LogP contribution in [-0.4, -0.2) is 39.3 Å². The zero-order valence-corrected chi connectivity index (χ0v) is 19.3. The predicted molar refractivity (Wildman–Crippen MR) is 124 cm³/mol. The lowest BCUT2D eigenvalue weighted by Crippen LogP contribution is -2.36. The van der Waals surface area contributed by atoms with Crippen LogP contribution in [0.2, 0.25) is 0 Å². The van der Waals surface area contributed by atoms with Gasteiger partial charge in [0.05, 0.1) is 15.0 Å². The van der Waals surface area contributed by atoms with E-state index in [1.54, 1.807) is 32.0 Å². The van der Waals surface area contributed by atoms with E-state index in [1.807, 2.05) is 0 Å². The number of ether oxygens (including phenoxy) is 1. The highest BCUT2D eigenvalue weighted by Crippen LogP contribution is 2.31. The normalized spacial score (nSPS) is 11.4. The maximum atomic E-state index is 14.8. The molecule has 0 saturated heterocycles. The fourth-order valence-corrected chi connectivity index (χ4v) is 4.08. The number of carbonyl (C=O) groups excluding carboxylic acids is 1. The summed E-state index contributed by atoms with van der Waals surface area (Å²) in [6, 6.07) is 8.91. The van der Waals surface area contributed by atoms with E-state index in [1.165, 1.54) is 41.9 Å². The van der Waals surface area contributed by atoms with E-state index in [4.69, 9.17) is 4.74 Å². The SMILES string of the molecule is C[N+](=O)C(=O)C(C)(C)COc1ncc(-c2ccc(Nc3nc4ccc(F)cc4s3)cc2F)cn1. The van der Waals surface area contributed by atoms with Gasteiger partial charge >= 0.3 is 11.9 Å². The van der Waals surface area contributed by atoms with Gasteiger partial charge in [-0.3, -0.25) is 0 Å². The van der Waals surface area contributed by atoms with Gasteiger partial charge in [-0.05, 0) is 50.2 Å². The van der Waals surface area contributed by atoms with E-state index in [-0.39, 0.29) is 28.8 Å². The van der Waals surface area contributed by atoms with Crippen molar-refractivity contribution in [1.82, 2.24) is 15.0 Å². The molecule has 0 atom stereocenters. The highest BCUT2D eigenvalue weighted by Gasteiger charge is 2.39. The van der Waals surface area contributed by atoms with Crippen molar-refractivity contribution in [3.05, 3.63) is 65.3 Å². The van der Waals surface area contributed by atoms with E-state index < -0.39 is 17.1 Å². The summed E-state index contributed by atoms with van der Waals surface area (Å²) in [5, 5.41) is 3.55. The van der Waals surface area contributed by atoms with Gasteiger partial charge in [0.1, 0.15) is 23.7 Å². The van der Waals surface area contributed by atoms with E-state index in [0.29, 0.717) is 26.6 Å². The minimum absolute atomic E-state index is 0.00384. The topological polar surface area (TPSA) is 97.1 Å². The maximum absolute atomic E-state index is 14.8. The number of fused-ring (bicyclic) bond motifs is 1. The largest absolute Gasteiger partial charge is 0.462 e. The summed E-state index contributed by atoms with van der Waals surface area (Å²) in [5.74, 6) is -1.47. The highest BCUT2D eigenvalue weighted by molar-refractivity contribution is 7.22. The predicted octanol–water partition coefficient (Wildman–Crippen LogP) is 5.12. The first-order valence-corrected chi connectivity index (χ1v) is 11.0. The molecule has 2 aromatic heterocycles. The van der Waals surface area contributed by atoms with Crippen LogP contribution in [0.25, 0.3) is 21.3 Å². The van der Waals surface area contributed by atoms with Crippen LogP contribution in [0, 0.1) is 22.0 Å². The molecule has 0 saturated carbocycles. The number of halogens is 2. The molecule has 2 aromatic carbocycles. The van der Waals surface area contributed by atoms with Crippen LogP contribution in [0.15, 0.2) is 48.8 Å². The van der Waals surface area contributed by atoms with E-state index in [0.717, 1.165) is 7.05 Å². The number of carbonyl (C=O) groups is 1. The first-order chi connectivity index (χ1) is 16.1. The second-order valence-corrected chi connectivity index (χ2v) is 9.21. The van der Waals surface area contributed by atoms with Crippen LogP contribution in [-0.2, 0) is 4.79 Å². The summed E-state index contributed by atoms with van der Waals surface area (Å²) in [5.41, 5.74) is 0.800. The van der Waals surface area contributed by atoms with Gasteiger partial charge in [-0.2, -0.15) is 0 Å². The van der Waals surface area contributed by atoms with Crippen molar-refractivity contribution in [1.29, 1.82) is 0 Å². The van der Waals surface area contributed by atoms with Crippen molar-refractivity contribution in [2.45, 2.75) is 13.8 Å². The van der Waals surface area contributed by atoms with Crippen molar-refractivity contribution in [3.8, 4) is 17.1 Å². The smallest absolute Gasteiger partial charge is 0.441 e. The van der Waals surface area contributed by atoms with E-state index >= 15 is 0 Å². The molecule has 1 N–H and O–H groups in total. The number of hydrogen-bond donors (Lipinski definition) is 1. The maximum Gasteiger partial charge on any atom is 0.441 e. The molecule has 11 heteroatoms. The number of hydrogen-bond acceptors (Lipinski definition) is 8. The summed E-state index contributed by atoms with van der Waals surface area (Å²) < 4.78 is 34.6. The van der Waals surface area contributed by atoms with E-state index in [9.17, 15) is 18.5 Å². The fraction of sp³-hybridized carbons (Fsp3) is 0.217. The van der Waals surface area contributed by atoms with Crippen molar-refractivity contribution >= 4 is 38.3 Å². The Hall–Kier alpha value is -3.86. The molecule has 0 bridgehead atoms. The number of benzene rings is 2. The Labute approximate surface area is 197 Å². The molecular weight excluding hydrogens is 464 g/mol. The van der Waals surface area contributed by atoms with Gasteiger partial charge in [0.15, 0.2) is 12.2 Å². The van der Waals surface area contributed by atoms with Crippen LogP contribution in [0.4, 0.5) is 19.6 Å². The van der Waals surface area contributed by atoms with Crippen molar-refractivity contribution < 1.29 is 23.1 Å². The molecule has 0 unspecified atom stereocenters. The average molecular weight is 485 g/mol. The van der Waals surface area contributed by atoms with Crippen molar-refractivity contribution in [2.75, 3.05) is 19.0 Å². The van der Waals surface area contributed by atoms with E-state index in [2.05, 4.69) is 20.3 Å². The second kappa shape index (κ2) is 9.18. The molecule has 0 fully saturated rings. The molecule has 4 rings (SSSR count). The number of nitrogens with one attached hydrogen (secondary N) is 1. The molecule has 0 aliphatic carbocycles. The highest BCUT2D eigenvalue weighted by atomic mass is 32.1. The molecule has 0 aliphatic heterocycles. The molecule has 2 heterocycles. The monoisotopic (exact) mass is 484 g/mol. The number of anilines is 2. The summed E-state index contributed by atoms with van der Waals surface area (Å²) in [6.45, 7) is 3.07. The lowest BCUT2D eigenvalue weighted by molar-refractivity contribution is -0.447. The minimum atomic E-state index is -1.05. The number of rotatable bonds is 7. The number of nitroso groups, excluding NO2 is 1. The van der Waals surface area contributed by atoms with Gasteiger partial charge in [-0.15, -0.1) is 0 Å². The quantitative estimate of drug-likeness (QED) is 0.364. The number of thiazole rings is 1. The second-order valence-electron chi connectivity index (χ2n) is 8.18. The van der Waals surface area contributed by atoms with Gasteiger partial charge in [-0.1, -0.05) is 11.3 Å². The summed E-state index contributed by atoms with van der Waals surface area (Å²) in [6.07, 6.45) is 2.81. The minimum Gasteiger partial charge on any atom is -0.462 e. The lowest BCUT2D eigenvalue weighted by Gasteiger charge is -2.16. The van der Waals surface area contributed by atoms with Crippen LogP contribution in [0.5, 0.6) is 6.01 Å². The Morgan fingerprint density at radius 2 is 1.88 bits per heavy atom. The van der Waals surface area contributed by atoms with Gasteiger partial charge in [0, 0.05) is 34.1 Å². The Morgan fingerprint density at radius 1 is 1.15 bits per heavy atom. The molecule has 34 heavy (non-hydrogen) atoms. The molecule has 4 aromatic rings. The third-order valence-corrected chi connectivity index (χ3v) is 5.87. The van der Waals surface area contributed by atoms with Gasteiger partial charge in [0.25, 0.3) is 0 Å². The number of aromatic nitrogens is 3. The van der Waals surface area contributed by atoms with Crippen LogP contribution in [0.3, 0.4) is 0 Å². The standard InChI is InChI=1S/C23H20F2N5O3S/c1-23(2,20(31)30(3)32)12-33-21-26-10-13(11-27-21)16-6-5-15(9-17(16)25)28-22-29-18-7-4-14(24)8-19(18)34-22/h4-11H,12H2,1-3H3,(H,28,29)/q+1. The molecule has 0 radical (unpaired) electrons. The Bertz CT molecular complexity index is 1390. The van der Waals surface area contributed by atoms with Gasteiger partial charge in [-0.25, -0.2) is 28.5 Å². The molecule has 8 nitrogen and oxygen atoms in total. The number of nitrogens with zero attached hydrogens (tertiary/aromatic N) is 4. The first kappa shape index (κ1) is 23.3. The number of amides is 1. The molecule has 0 aliphatic rings. The average Bonchev–Trinajstić information content (AvgIpc) is 3.19. The van der Waals surface area contributed by atoms with Crippen molar-refractivity contribution in [2.24, 2.45) is 5.41 Å². The van der Waals surface area contributed by atoms with Crippen LogP contribution < -0.4 is 10.1 Å². The molecule has 0 spiro atoms. The Kier molecular flexibility index (Phi) is 6.29. The zero-order chi connectivity index (χ0) is 24.5. The van der Waals surface area contributed by atoms with Crippen molar-refractivity contribution in [3.63, 3.8) is 0 Å². The lowest BCUT2D eigenvalue weighted by atomic mass is 9.94. The Balaban J connectivity index is 1.45. The third-order valence-electron chi connectivity index (χ3n) is 4.94. The molecule has 1 amide bonds. The summed E-state index contributed by atoms with van der Waals surface area (Å²) in [7, 11) is 1.13. The fourth-order valence-electron chi connectivity index (χ4n) is 3.17. The first-order valence-electron chi connectivity index (χ1n) is 10.2. The summed E-state index contributed by atoms with van der Waals surface area (Å²) in [4.78, 5) is 35.6. The molecule has 174 valence electrons. The molecular formula is C23H20F2N5O3S+. The van der Waals surface area contributed by atoms with Gasteiger partial charge < -0.3 is 10.1 Å². The Morgan fingerprint density at radius 3 is 2.56 bits per heavy atom.